The molecule has 2 aliphatic rings. The van der Waals surface area contributed by atoms with Crippen LogP contribution in [0, 0.1) is 17.7 Å². The molecular formula is C33H32ClFN4O4. The van der Waals surface area contributed by atoms with Crippen molar-refractivity contribution in [3.05, 3.63) is 87.6 Å². The molecular weight excluding hydrogens is 571 g/mol. The van der Waals surface area contributed by atoms with Gasteiger partial charge in [0.25, 0.3) is 0 Å². The van der Waals surface area contributed by atoms with Crippen LogP contribution in [0.1, 0.15) is 65.1 Å². The van der Waals surface area contributed by atoms with Crippen LogP contribution in [0.2, 0.25) is 5.02 Å². The summed E-state index contributed by atoms with van der Waals surface area (Å²) in [6.07, 6.45) is 2.90. The van der Waals surface area contributed by atoms with E-state index in [1.165, 1.54) is 6.07 Å². The topological polar surface area (TPSA) is 89.7 Å². The second kappa shape index (κ2) is 12.7. The lowest BCUT2D eigenvalue weighted by Crippen LogP contribution is -2.35. The number of hydrogen-bond acceptors (Lipinski definition) is 6. The van der Waals surface area contributed by atoms with Crippen molar-refractivity contribution in [2.45, 2.75) is 57.9 Å². The van der Waals surface area contributed by atoms with Crippen molar-refractivity contribution in [2.24, 2.45) is 0 Å². The SMILES string of the molecule is CC#Cc1cc(C(=O)O)cc2c1nc(CN1CCC(c3cccc(OCc4ccc(Cl)cc4F)n3)CC1)n2C[C@@H]1CCO1. The van der Waals surface area contributed by atoms with Gasteiger partial charge in [0.1, 0.15) is 23.8 Å². The molecule has 2 aromatic carbocycles. The van der Waals surface area contributed by atoms with E-state index in [0.717, 1.165) is 61.5 Å². The number of pyridine rings is 1. The summed E-state index contributed by atoms with van der Waals surface area (Å²) in [5.74, 6) is 6.18. The Hall–Kier alpha value is -3.97. The second-order valence-corrected chi connectivity index (χ2v) is 11.4. The fourth-order valence-corrected chi connectivity index (χ4v) is 5.86. The van der Waals surface area contributed by atoms with E-state index in [4.69, 9.17) is 31.0 Å². The Labute approximate surface area is 254 Å². The maximum Gasteiger partial charge on any atom is 0.335 e. The molecule has 0 bridgehead atoms. The van der Waals surface area contributed by atoms with E-state index >= 15 is 0 Å². The number of nitrogens with zero attached hydrogens (tertiary/aromatic N) is 4. The highest BCUT2D eigenvalue weighted by Crippen LogP contribution is 2.31. The minimum Gasteiger partial charge on any atom is -0.478 e. The average Bonchev–Trinajstić information content (AvgIpc) is 3.32. The molecule has 8 nitrogen and oxygen atoms in total. The average molecular weight is 603 g/mol. The number of aromatic carboxylic acids is 1. The molecule has 43 heavy (non-hydrogen) atoms. The molecule has 2 aliphatic heterocycles. The molecule has 0 saturated carbocycles. The molecule has 1 N–H and O–H groups in total. The number of ether oxygens (including phenoxy) is 2. The number of carbonyl (C=O) groups is 1. The van der Waals surface area contributed by atoms with Crippen molar-refractivity contribution in [1.82, 2.24) is 19.4 Å². The number of halogens is 2. The molecule has 0 radical (unpaired) electrons. The first kappa shape index (κ1) is 29.1. The first-order valence-corrected chi connectivity index (χ1v) is 14.8. The summed E-state index contributed by atoms with van der Waals surface area (Å²) < 4.78 is 27.8. The highest BCUT2D eigenvalue weighted by atomic mass is 35.5. The number of carboxylic acids is 1. The Morgan fingerprint density at radius 2 is 1.98 bits per heavy atom. The molecule has 0 amide bonds. The van der Waals surface area contributed by atoms with Gasteiger partial charge in [-0.3, -0.25) is 4.90 Å². The zero-order valence-corrected chi connectivity index (χ0v) is 24.6. The van der Waals surface area contributed by atoms with Crippen molar-refractivity contribution in [1.29, 1.82) is 0 Å². The number of rotatable bonds is 9. The van der Waals surface area contributed by atoms with E-state index in [1.807, 2.05) is 12.1 Å². The summed E-state index contributed by atoms with van der Waals surface area (Å²) >= 11 is 5.85. The first-order chi connectivity index (χ1) is 20.9. The van der Waals surface area contributed by atoms with Crippen molar-refractivity contribution < 1.29 is 23.8 Å². The number of aromatic nitrogens is 3. The molecule has 1 atom stereocenters. The summed E-state index contributed by atoms with van der Waals surface area (Å²) in [5, 5.41) is 10.1. The van der Waals surface area contributed by atoms with Gasteiger partial charge >= 0.3 is 5.97 Å². The number of carboxylic acid groups (broad SMARTS) is 1. The van der Waals surface area contributed by atoms with Crippen LogP contribution in [-0.2, 0) is 24.4 Å². The van der Waals surface area contributed by atoms with Gasteiger partial charge in [-0.2, -0.15) is 0 Å². The molecule has 2 aromatic heterocycles. The van der Waals surface area contributed by atoms with Crippen LogP contribution < -0.4 is 4.74 Å². The van der Waals surface area contributed by atoms with Gasteiger partial charge in [0.2, 0.25) is 5.88 Å². The highest BCUT2D eigenvalue weighted by Gasteiger charge is 2.27. The van der Waals surface area contributed by atoms with Crippen molar-refractivity contribution in [3.63, 3.8) is 0 Å². The van der Waals surface area contributed by atoms with Crippen LogP contribution in [0.15, 0.2) is 48.5 Å². The van der Waals surface area contributed by atoms with Crippen LogP contribution in [0.3, 0.4) is 0 Å². The third kappa shape index (κ3) is 6.52. The molecule has 2 fully saturated rings. The normalized spacial score (nSPS) is 17.3. The molecule has 0 unspecified atom stereocenters. The molecule has 2 saturated heterocycles. The lowest BCUT2D eigenvalue weighted by Gasteiger charge is -2.32. The van der Waals surface area contributed by atoms with Gasteiger partial charge in [-0.1, -0.05) is 29.7 Å². The van der Waals surface area contributed by atoms with Gasteiger partial charge in [0.15, 0.2) is 0 Å². The van der Waals surface area contributed by atoms with Crippen molar-refractivity contribution in [2.75, 3.05) is 19.7 Å². The standard InChI is InChI=1S/C33H32ClFN4O4/c1-2-4-22-15-24(33(40)41)16-29-32(22)37-30(39(29)18-26-11-14-42-26)19-38-12-9-21(10-13-38)28-5-3-6-31(36-28)43-20-23-7-8-25(34)17-27(23)35/h3,5-8,15-17,21,26H,9-14,18-20H2,1H3,(H,40,41)/t26-/m0/s1. The molecule has 10 heteroatoms. The van der Waals surface area contributed by atoms with E-state index in [1.54, 1.807) is 37.3 Å². The van der Waals surface area contributed by atoms with Crippen LogP contribution in [0.4, 0.5) is 4.39 Å². The van der Waals surface area contributed by atoms with Crippen LogP contribution in [-0.4, -0.2) is 56.3 Å². The maximum absolute atomic E-state index is 14.2. The minimum absolute atomic E-state index is 0.0737. The molecule has 0 aliphatic carbocycles. The number of imidazole rings is 1. The smallest absolute Gasteiger partial charge is 0.335 e. The Balaban J connectivity index is 1.15. The van der Waals surface area contributed by atoms with Gasteiger partial charge in [0.05, 0.1) is 35.8 Å². The van der Waals surface area contributed by atoms with E-state index in [2.05, 4.69) is 21.3 Å². The quantitative estimate of drug-likeness (QED) is 0.234. The zero-order valence-electron chi connectivity index (χ0n) is 23.9. The molecule has 6 rings (SSSR count). The molecule has 4 heterocycles. The van der Waals surface area contributed by atoms with Gasteiger partial charge in [0, 0.05) is 34.9 Å². The Bertz CT molecular complexity index is 1720. The monoisotopic (exact) mass is 602 g/mol. The fraction of sp³-hybridized carbons (Fsp3) is 0.364. The predicted molar refractivity (Wildman–Crippen MR) is 161 cm³/mol. The number of fused-ring (bicyclic) bond motifs is 1. The first-order valence-electron chi connectivity index (χ1n) is 14.4. The number of benzene rings is 2. The van der Waals surface area contributed by atoms with E-state index in [-0.39, 0.29) is 24.2 Å². The van der Waals surface area contributed by atoms with Crippen molar-refractivity contribution >= 4 is 28.6 Å². The Morgan fingerprint density at radius 3 is 2.67 bits per heavy atom. The van der Waals surface area contributed by atoms with E-state index in [9.17, 15) is 14.3 Å². The van der Waals surface area contributed by atoms with Crippen LogP contribution >= 0.6 is 11.6 Å². The van der Waals surface area contributed by atoms with Crippen LogP contribution in [0.5, 0.6) is 5.88 Å². The highest BCUT2D eigenvalue weighted by molar-refractivity contribution is 6.30. The zero-order chi connectivity index (χ0) is 29.9. The second-order valence-electron chi connectivity index (χ2n) is 11.0. The van der Waals surface area contributed by atoms with Gasteiger partial charge in [-0.15, -0.1) is 5.92 Å². The Morgan fingerprint density at radius 1 is 1.16 bits per heavy atom. The van der Waals surface area contributed by atoms with E-state index < -0.39 is 11.8 Å². The summed E-state index contributed by atoms with van der Waals surface area (Å²) in [6, 6.07) is 13.6. The predicted octanol–water partition coefficient (Wildman–Crippen LogP) is 6.04. The molecule has 4 aromatic rings. The molecule has 222 valence electrons. The minimum atomic E-state index is -0.988. The summed E-state index contributed by atoms with van der Waals surface area (Å²) in [7, 11) is 0. The van der Waals surface area contributed by atoms with Gasteiger partial charge in [-0.25, -0.2) is 19.2 Å². The lowest BCUT2D eigenvalue weighted by molar-refractivity contribution is -0.0592. The number of hydrogen-bond donors (Lipinski definition) is 1. The fourth-order valence-electron chi connectivity index (χ4n) is 5.70. The summed E-state index contributed by atoms with van der Waals surface area (Å²) in [5.41, 5.74) is 3.71. The third-order valence-corrected chi connectivity index (χ3v) is 8.36. The maximum atomic E-state index is 14.2. The van der Waals surface area contributed by atoms with Gasteiger partial charge < -0.3 is 19.1 Å². The summed E-state index contributed by atoms with van der Waals surface area (Å²) in [6.45, 7) is 5.53. The molecule has 0 spiro atoms. The van der Waals surface area contributed by atoms with Gasteiger partial charge in [-0.05, 0) is 69.6 Å². The number of likely N-dealkylation sites (tertiary alicyclic amines) is 1. The van der Waals surface area contributed by atoms with E-state index in [0.29, 0.717) is 35.1 Å². The van der Waals surface area contributed by atoms with Crippen molar-refractivity contribution in [3.8, 4) is 17.7 Å². The number of piperidine rings is 1. The van der Waals surface area contributed by atoms with Crippen LogP contribution in [0.25, 0.3) is 11.0 Å². The largest absolute Gasteiger partial charge is 0.478 e. The Kier molecular flexibility index (Phi) is 8.61. The third-order valence-electron chi connectivity index (χ3n) is 8.13. The summed E-state index contributed by atoms with van der Waals surface area (Å²) in [4.78, 5) is 24.0. The lowest BCUT2D eigenvalue weighted by atomic mass is 9.93.